The molecule has 3 nitrogen and oxygen atoms in total. The summed E-state index contributed by atoms with van der Waals surface area (Å²) in [6.07, 6.45) is 0. The molecule has 2 aromatic rings. The molecule has 1 aromatic heterocycles. The number of rotatable bonds is 3. The first-order chi connectivity index (χ1) is 10.2. The Bertz CT molecular complexity index is 599. The van der Waals surface area contributed by atoms with Crippen LogP contribution in [0.1, 0.15) is 16.5 Å². The van der Waals surface area contributed by atoms with E-state index >= 15 is 0 Å². The maximum atomic E-state index is 9.94. The van der Waals surface area contributed by atoms with Gasteiger partial charge in [-0.1, -0.05) is 6.07 Å². The minimum Gasteiger partial charge on any atom is -0.506 e. The Balaban J connectivity index is 0.00000132. The summed E-state index contributed by atoms with van der Waals surface area (Å²) in [4.78, 5) is 3.83. The highest BCUT2D eigenvalue weighted by Crippen LogP contribution is 2.39. The van der Waals surface area contributed by atoms with Crippen molar-refractivity contribution in [3.05, 3.63) is 49.0 Å². The molecule has 0 spiro atoms. The van der Waals surface area contributed by atoms with E-state index in [0.29, 0.717) is 0 Å². The summed E-state index contributed by atoms with van der Waals surface area (Å²) in [5.41, 5.74) is 1.19. The normalized spacial score (nSPS) is 16.3. The van der Waals surface area contributed by atoms with Gasteiger partial charge in [0, 0.05) is 31.1 Å². The van der Waals surface area contributed by atoms with Crippen molar-refractivity contribution in [2.45, 2.75) is 6.04 Å². The molecule has 1 aromatic carbocycles. The van der Waals surface area contributed by atoms with E-state index in [1.54, 1.807) is 11.3 Å². The van der Waals surface area contributed by atoms with Crippen LogP contribution in [0.5, 0.6) is 5.75 Å². The first-order valence-corrected chi connectivity index (χ1v) is 9.29. The first kappa shape index (κ1) is 21.2. The molecular weight excluding hydrogens is 487 g/mol. The lowest BCUT2D eigenvalue weighted by molar-refractivity contribution is 0.200. The van der Waals surface area contributed by atoms with Crippen LogP contribution in [-0.4, -0.2) is 36.2 Å². The van der Waals surface area contributed by atoms with Crippen LogP contribution >= 0.6 is 68.0 Å². The van der Waals surface area contributed by atoms with Gasteiger partial charge in [0.15, 0.2) is 0 Å². The molecule has 1 atom stereocenters. The molecule has 3 rings (SSSR count). The van der Waals surface area contributed by atoms with E-state index in [4.69, 9.17) is 0 Å². The van der Waals surface area contributed by atoms with Gasteiger partial charge in [-0.05, 0) is 61.0 Å². The Morgan fingerprint density at radius 3 is 2.26 bits per heavy atom. The Kier molecular flexibility index (Phi) is 8.87. The molecule has 2 N–H and O–H groups in total. The Morgan fingerprint density at radius 1 is 1.13 bits per heavy atom. The van der Waals surface area contributed by atoms with Crippen molar-refractivity contribution in [3.8, 4) is 5.75 Å². The van der Waals surface area contributed by atoms with Gasteiger partial charge < -0.3 is 10.4 Å². The highest BCUT2D eigenvalue weighted by atomic mass is 79.9. The third-order valence-electron chi connectivity index (χ3n) is 3.68. The van der Waals surface area contributed by atoms with E-state index in [9.17, 15) is 5.11 Å². The van der Waals surface area contributed by atoms with E-state index in [1.807, 2.05) is 12.1 Å². The predicted octanol–water partition coefficient (Wildman–Crippen LogP) is 4.82. The van der Waals surface area contributed by atoms with Crippen LogP contribution in [0, 0.1) is 0 Å². The number of thiophene rings is 1. The number of nitrogens with one attached hydrogen (secondary N) is 1. The summed E-state index contributed by atoms with van der Waals surface area (Å²) in [5, 5.41) is 15.5. The van der Waals surface area contributed by atoms with Crippen molar-refractivity contribution in [2.24, 2.45) is 0 Å². The number of nitrogens with zero attached hydrogens (tertiary/aromatic N) is 1. The molecule has 0 radical (unpaired) electrons. The summed E-state index contributed by atoms with van der Waals surface area (Å²) in [5.74, 6) is 0.254. The van der Waals surface area contributed by atoms with E-state index < -0.39 is 0 Å². The summed E-state index contributed by atoms with van der Waals surface area (Å²) >= 11 is 8.67. The van der Waals surface area contributed by atoms with Crippen molar-refractivity contribution >= 4 is 68.0 Å². The Labute approximate surface area is 169 Å². The highest BCUT2D eigenvalue weighted by Gasteiger charge is 2.25. The maximum absolute atomic E-state index is 9.94. The molecule has 1 aliphatic heterocycles. The number of phenolic OH excluding ortho intramolecular Hbond substituents is 1. The number of benzene rings is 1. The highest BCUT2D eigenvalue weighted by molar-refractivity contribution is 9.11. The van der Waals surface area contributed by atoms with Crippen LogP contribution < -0.4 is 5.32 Å². The lowest BCUT2D eigenvalue weighted by Crippen LogP contribution is -2.45. The van der Waals surface area contributed by atoms with Gasteiger partial charge >= 0.3 is 0 Å². The zero-order chi connectivity index (χ0) is 14.8. The van der Waals surface area contributed by atoms with Gasteiger partial charge in [-0.2, -0.15) is 0 Å². The predicted molar refractivity (Wildman–Crippen MR) is 109 cm³/mol. The minimum absolute atomic E-state index is 0. The number of hydrogen-bond donors (Lipinski definition) is 2. The third kappa shape index (κ3) is 4.84. The Morgan fingerprint density at radius 2 is 1.74 bits per heavy atom. The second-order valence-corrected chi connectivity index (χ2v) is 7.73. The Hall–Kier alpha value is 0.180. The zero-order valence-corrected chi connectivity index (χ0v) is 17.8. The van der Waals surface area contributed by atoms with Gasteiger partial charge in [0.05, 0.1) is 15.0 Å². The minimum atomic E-state index is 0. The first-order valence-electron chi connectivity index (χ1n) is 6.83. The van der Waals surface area contributed by atoms with E-state index in [1.165, 1.54) is 10.4 Å². The van der Waals surface area contributed by atoms with Gasteiger partial charge in [0.25, 0.3) is 0 Å². The quantitative estimate of drug-likeness (QED) is 0.629. The SMILES string of the molecule is Cl.Cl.Oc1c(Br)cc([C@@H](c2cccs2)N2CCNCC2)cc1Br. The average molecular weight is 505 g/mol. The topological polar surface area (TPSA) is 35.5 Å². The fourth-order valence-corrected chi connectivity index (χ4v) is 4.79. The average Bonchev–Trinajstić information content (AvgIpc) is 3.00. The fourth-order valence-electron chi connectivity index (χ4n) is 2.69. The lowest BCUT2D eigenvalue weighted by atomic mass is 10.0. The number of piperazine rings is 1. The number of phenols is 1. The molecule has 1 aliphatic rings. The summed E-state index contributed by atoms with van der Waals surface area (Å²) in [7, 11) is 0. The summed E-state index contributed by atoms with van der Waals surface area (Å²) in [6.45, 7) is 4.09. The molecule has 2 heterocycles. The van der Waals surface area contributed by atoms with Gasteiger partial charge in [-0.25, -0.2) is 0 Å². The standard InChI is InChI=1S/C15H16Br2N2OS.2ClH/c16-11-8-10(9-12(17)15(11)20)14(13-2-1-7-21-13)19-5-3-18-4-6-19;;/h1-2,7-9,14,18,20H,3-6H2;2*1H/t14-;;/m0../s1. The van der Waals surface area contributed by atoms with Crippen LogP contribution in [0.25, 0.3) is 0 Å². The van der Waals surface area contributed by atoms with Crippen LogP contribution in [0.3, 0.4) is 0 Å². The lowest BCUT2D eigenvalue weighted by Gasteiger charge is -2.35. The number of hydrogen-bond acceptors (Lipinski definition) is 4. The largest absolute Gasteiger partial charge is 0.506 e. The van der Waals surface area contributed by atoms with Gasteiger partial charge in [-0.15, -0.1) is 36.2 Å². The smallest absolute Gasteiger partial charge is 0.143 e. The fraction of sp³-hybridized carbons (Fsp3) is 0.333. The van der Waals surface area contributed by atoms with Crippen molar-refractivity contribution in [2.75, 3.05) is 26.2 Å². The van der Waals surface area contributed by atoms with E-state index in [0.717, 1.165) is 35.1 Å². The van der Waals surface area contributed by atoms with Crippen LogP contribution in [0.4, 0.5) is 0 Å². The van der Waals surface area contributed by atoms with Crippen molar-refractivity contribution in [1.82, 2.24) is 10.2 Å². The molecule has 8 heteroatoms. The van der Waals surface area contributed by atoms with Crippen LogP contribution in [-0.2, 0) is 0 Å². The maximum Gasteiger partial charge on any atom is 0.143 e. The molecular formula is C15H18Br2Cl2N2OS. The number of halogens is 4. The molecule has 0 unspecified atom stereocenters. The monoisotopic (exact) mass is 502 g/mol. The summed E-state index contributed by atoms with van der Waals surface area (Å²) < 4.78 is 1.45. The van der Waals surface area contributed by atoms with Crippen molar-refractivity contribution in [3.63, 3.8) is 0 Å². The van der Waals surface area contributed by atoms with Crippen LogP contribution in [0.15, 0.2) is 38.6 Å². The van der Waals surface area contributed by atoms with Crippen LogP contribution in [0.2, 0.25) is 0 Å². The molecule has 128 valence electrons. The van der Waals surface area contributed by atoms with E-state index in [-0.39, 0.29) is 36.6 Å². The second kappa shape index (κ2) is 9.61. The molecule has 1 saturated heterocycles. The molecule has 0 saturated carbocycles. The van der Waals surface area contributed by atoms with Crippen molar-refractivity contribution in [1.29, 1.82) is 0 Å². The number of aromatic hydroxyl groups is 1. The molecule has 0 aliphatic carbocycles. The zero-order valence-electron chi connectivity index (χ0n) is 12.2. The van der Waals surface area contributed by atoms with Gasteiger partial charge in [0.1, 0.15) is 5.75 Å². The molecule has 1 fully saturated rings. The van der Waals surface area contributed by atoms with Crippen molar-refractivity contribution < 1.29 is 5.11 Å². The molecule has 23 heavy (non-hydrogen) atoms. The second-order valence-electron chi connectivity index (χ2n) is 5.04. The van der Waals surface area contributed by atoms with E-state index in [2.05, 4.69) is 59.6 Å². The molecule has 0 bridgehead atoms. The van der Waals surface area contributed by atoms with Gasteiger partial charge in [0.2, 0.25) is 0 Å². The van der Waals surface area contributed by atoms with Gasteiger partial charge in [-0.3, -0.25) is 4.90 Å². The third-order valence-corrected chi connectivity index (χ3v) is 5.82. The molecule has 0 amide bonds. The summed E-state index contributed by atoms with van der Waals surface area (Å²) in [6, 6.07) is 8.56.